The first-order chi connectivity index (χ1) is 6.75. The van der Waals surface area contributed by atoms with Gasteiger partial charge in [-0.15, -0.1) is 0 Å². The molecule has 2 nitrogen and oxygen atoms in total. The van der Waals surface area contributed by atoms with Gasteiger partial charge in [0.05, 0.1) is 0 Å². The third kappa shape index (κ3) is 2.95. The quantitative estimate of drug-likeness (QED) is 0.669. The number of hydrogen-bond acceptors (Lipinski definition) is 2. The molecule has 0 saturated carbocycles. The molecule has 0 aliphatic rings. The summed E-state index contributed by atoms with van der Waals surface area (Å²) in [6.45, 7) is 4.12. The monoisotopic (exact) mass is 191 g/mol. The first kappa shape index (κ1) is 10.9. The van der Waals surface area contributed by atoms with Gasteiger partial charge in [0.1, 0.15) is 5.69 Å². The Morgan fingerprint density at radius 3 is 2.86 bits per heavy atom. The molecule has 1 atom stereocenters. The van der Waals surface area contributed by atoms with Gasteiger partial charge in [0.15, 0.2) is 5.78 Å². The zero-order valence-electron chi connectivity index (χ0n) is 8.86. The van der Waals surface area contributed by atoms with Crippen LogP contribution in [0.25, 0.3) is 0 Å². The fraction of sp³-hybridized carbons (Fsp3) is 0.500. The van der Waals surface area contributed by atoms with E-state index in [1.165, 1.54) is 0 Å². The zero-order chi connectivity index (χ0) is 10.4. The summed E-state index contributed by atoms with van der Waals surface area (Å²) in [6.07, 6.45) is 4.88. The second-order valence-corrected chi connectivity index (χ2v) is 3.62. The molecule has 0 aromatic carbocycles. The van der Waals surface area contributed by atoms with Crippen LogP contribution < -0.4 is 0 Å². The Morgan fingerprint density at radius 1 is 1.50 bits per heavy atom. The highest BCUT2D eigenvalue weighted by atomic mass is 16.1. The van der Waals surface area contributed by atoms with Crippen molar-refractivity contribution in [2.24, 2.45) is 5.92 Å². The Balaban J connectivity index is 2.57. The van der Waals surface area contributed by atoms with Crippen molar-refractivity contribution >= 4 is 5.78 Å². The summed E-state index contributed by atoms with van der Waals surface area (Å²) in [5, 5.41) is 0. The highest BCUT2D eigenvalue weighted by Crippen LogP contribution is 2.12. The van der Waals surface area contributed by atoms with Crippen LogP contribution in [0.3, 0.4) is 0 Å². The number of aromatic nitrogens is 1. The average molecular weight is 191 g/mol. The topological polar surface area (TPSA) is 30.0 Å². The van der Waals surface area contributed by atoms with Crippen molar-refractivity contribution in [1.82, 2.24) is 4.98 Å². The van der Waals surface area contributed by atoms with E-state index in [1.807, 2.05) is 19.1 Å². The first-order valence-corrected chi connectivity index (χ1v) is 5.21. The van der Waals surface area contributed by atoms with Crippen LogP contribution in [0.4, 0.5) is 0 Å². The van der Waals surface area contributed by atoms with Gasteiger partial charge in [0.25, 0.3) is 0 Å². The van der Waals surface area contributed by atoms with Crippen molar-refractivity contribution in [3.8, 4) is 0 Å². The fourth-order valence-corrected chi connectivity index (χ4v) is 1.40. The molecule has 1 heterocycles. The number of unbranched alkanes of at least 4 members (excludes halogenated alkanes) is 1. The van der Waals surface area contributed by atoms with Crippen LogP contribution in [0.2, 0.25) is 0 Å². The summed E-state index contributed by atoms with van der Waals surface area (Å²) < 4.78 is 0. The van der Waals surface area contributed by atoms with Gasteiger partial charge in [-0.25, -0.2) is 0 Å². The summed E-state index contributed by atoms with van der Waals surface area (Å²) in [4.78, 5) is 15.8. The van der Waals surface area contributed by atoms with E-state index in [0.717, 1.165) is 19.3 Å². The maximum atomic E-state index is 11.8. The van der Waals surface area contributed by atoms with Crippen LogP contribution in [0.1, 0.15) is 43.6 Å². The normalized spacial score (nSPS) is 12.4. The van der Waals surface area contributed by atoms with Gasteiger partial charge in [-0.3, -0.25) is 9.78 Å². The van der Waals surface area contributed by atoms with Crippen LogP contribution in [0.5, 0.6) is 0 Å². The maximum absolute atomic E-state index is 11.8. The Labute approximate surface area is 85.4 Å². The third-order valence-corrected chi connectivity index (χ3v) is 2.36. The molecule has 76 valence electrons. The lowest BCUT2D eigenvalue weighted by Crippen LogP contribution is -2.12. The van der Waals surface area contributed by atoms with Gasteiger partial charge in [0, 0.05) is 12.1 Å². The minimum absolute atomic E-state index is 0.102. The van der Waals surface area contributed by atoms with E-state index in [4.69, 9.17) is 0 Å². The molecule has 0 aliphatic carbocycles. The van der Waals surface area contributed by atoms with Gasteiger partial charge in [0.2, 0.25) is 0 Å². The Bertz CT molecular complexity index is 282. The minimum atomic E-state index is 0.102. The van der Waals surface area contributed by atoms with Crippen LogP contribution in [-0.4, -0.2) is 10.8 Å². The number of rotatable bonds is 5. The van der Waals surface area contributed by atoms with Crippen LogP contribution in [0.15, 0.2) is 24.4 Å². The number of pyridine rings is 1. The van der Waals surface area contributed by atoms with Gasteiger partial charge >= 0.3 is 0 Å². The summed E-state index contributed by atoms with van der Waals surface area (Å²) in [5.41, 5.74) is 0.594. The molecule has 1 unspecified atom stereocenters. The lowest BCUT2D eigenvalue weighted by molar-refractivity contribution is 0.0917. The lowest BCUT2D eigenvalue weighted by atomic mass is 9.97. The smallest absolute Gasteiger partial charge is 0.183 e. The second-order valence-electron chi connectivity index (χ2n) is 3.62. The number of carbonyl (C=O) groups is 1. The van der Waals surface area contributed by atoms with E-state index in [0.29, 0.717) is 5.69 Å². The molecule has 1 aromatic heterocycles. The van der Waals surface area contributed by atoms with Crippen molar-refractivity contribution < 1.29 is 4.79 Å². The molecule has 0 fully saturated rings. The molecule has 0 N–H and O–H groups in total. The van der Waals surface area contributed by atoms with Crippen molar-refractivity contribution in [3.05, 3.63) is 30.1 Å². The summed E-state index contributed by atoms with van der Waals surface area (Å²) in [5.74, 6) is 0.268. The number of nitrogens with zero attached hydrogens (tertiary/aromatic N) is 1. The number of hydrogen-bond donors (Lipinski definition) is 0. The molecule has 1 aromatic rings. The molecule has 0 radical (unpaired) electrons. The molecule has 0 amide bonds. The van der Waals surface area contributed by atoms with E-state index in [9.17, 15) is 4.79 Å². The number of Topliss-reactive ketones (excluding diaryl/α,β-unsaturated/α-hetero) is 1. The second kappa shape index (κ2) is 5.53. The van der Waals surface area contributed by atoms with Crippen LogP contribution in [0, 0.1) is 5.92 Å². The van der Waals surface area contributed by atoms with Gasteiger partial charge in [-0.1, -0.05) is 32.8 Å². The predicted molar refractivity (Wildman–Crippen MR) is 57.3 cm³/mol. The lowest BCUT2D eigenvalue weighted by Gasteiger charge is -2.08. The molecule has 1 rings (SSSR count). The third-order valence-electron chi connectivity index (χ3n) is 2.36. The molecule has 2 heteroatoms. The first-order valence-electron chi connectivity index (χ1n) is 5.21. The highest BCUT2D eigenvalue weighted by molar-refractivity contribution is 5.95. The standard InChI is InChI=1S/C12H17NO/c1-3-4-7-10(2)12(14)11-8-5-6-9-13-11/h5-6,8-10H,3-4,7H2,1-2H3. The average Bonchev–Trinajstić information content (AvgIpc) is 2.26. The molecule has 14 heavy (non-hydrogen) atoms. The molecule has 0 bridgehead atoms. The van der Waals surface area contributed by atoms with E-state index in [1.54, 1.807) is 12.3 Å². The summed E-state index contributed by atoms with van der Waals surface area (Å²) >= 11 is 0. The predicted octanol–water partition coefficient (Wildman–Crippen LogP) is 3.09. The molecule has 0 saturated heterocycles. The Morgan fingerprint density at radius 2 is 2.29 bits per heavy atom. The van der Waals surface area contributed by atoms with Crippen molar-refractivity contribution in [3.63, 3.8) is 0 Å². The SMILES string of the molecule is CCCCC(C)C(=O)c1ccccn1. The van der Waals surface area contributed by atoms with Gasteiger partial charge in [-0.2, -0.15) is 0 Å². The number of ketones is 1. The Hall–Kier alpha value is -1.18. The molecular weight excluding hydrogens is 174 g/mol. The van der Waals surface area contributed by atoms with Crippen molar-refractivity contribution in [2.75, 3.05) is 0 Å². The Kier molecular flexibility index (Phi) is 4.30. The van der Waals surface area contributed by atoms with E-state index >= 15 is 0 Å². The summed E-state index contributed by atoms with van der Waals surface area (Å²) in [6, 6.07) is 5.46. The maximum Gasteiger partial charge on any atom is 0.183 e. The van der Waals surface area contributed by atoms with Crippen molar-refractivity contribution in [2.45, 2.75) is 33.1 Å². The fourth-order valence-electron chi connectivity index (χ4n) is 1.40. The molecule has 0 aliphatic heterocycles. The number of carbonyl (C=O) groups excluding carboxylic acids is 1. The summed E-state index contributed by atoms with van der Waals surface area (Å²) in [7, 11) is 0. The largest absolute Gasteiger partial charge is 0.292 e. The van der Waals surface area contributed by atoms with Crippen LogP contribution >= 0.6 is 0 Å². The van der Waals surface area contributed by atoms with E-state index < -0.39 is 0 Å². The van der Waals surface area contributed by atoms with E-state index in [-0.39, 0.29) is 11.7 Å². The van der Waals surface area contributed by atoms with E-state index in [2.05, 4.69) is 11.9 Å². The highest BCUT2D eigenvalue weighted by Gasteiger charge is 2.14. The van der Waals surface area contributed by atoms with Gasteiger partial charge < -0.3 is 0 Å². The van der Waals surface area contributed by atoms with Crippen LogP contribution in [-0.2, 0) is 0 Å². The molecule has 0 spiro atoms. The van der Waals surface area contributed by atoms with Gasteiger partial charge in [-0.05, 0) is 18.6 Å². The zero-order valence-corrected chi connectivity index (χ0v) is 8.86. The molecular formula is C12H17NO. The minimum Gasteiger partial charge on any atom is -0.292 e. The van der Waals surface area contributed by atoms with Crippen molar-refractivity contribution in [1.29, 1.82) is 0 Å².